The van der Waals surface area contributed by atoms with E-state index in [0.717, 1.165) is 30.7 Å². The first-order valence-electron chi connectivity index (χ1n) is 7.80. The fraction of sp³-hybridized carbons (Fsp3) is 0.562. The Labute approximate surface area is 142 Å². The molecule has 0 aliphatic heterocycles. The van der Waals surface area contributed by atoms with E-state index in [1.807, 2.05) is 6.92 Å². The lowest BCUT2D eigenvalue weighted by Gasteiger charge is -2.16. The van der Waals surface area contributed by atoms with E-state index in [9.17, 15) is 32.5 Å². The Kier molecular flexibility index (Phi) is 7.32. The molecular formula is C16H19F4NO4. The van der Waals surface area contributed by atoms with E-state index < -0.39 is 41.3 Å². The highest BCUT2D eigenvalue weighted by Crippen LogP contribution is 2.31. The fourth-order valence-corrected chi connectivity index (χ4v) is 2.14. The highest BCUT2D eigenvalue weighted by Gasteiger charge is 2.42. The summed E-state index contributed by atoms with van der Waals surface area (Å²) in [4.78, 5) is 21.5. The van der Waals surface area contributed by atoms with Gasteiger partial charge in [0.25, 0.3) is 0 Å². The van der Waals surface area contributed by atoms with Crippen molar-refractivity contribution in [2.24, 2.45) is 0 Å². The minimum Gasteiger partial charge on any atom is -0.427 e. The second kappa shape index (κ2) is 8.77. The van der Waals surface area contributed by atoms with E-state index >= 15 is 0 Å². The van der Waals surface area contributed by atoms with E-state index in [2.05, 4.69) is 0 Å². The molecule has 0 saturated carbocycles. The predicted octanol–water partition coefficient (Wildman–Crippen LogP) is 4.91. The molecule has 25 heavy (non-hydrogen) atoms. The first-order valence-corrected chi connectivity index (χ1v) is 7.80. The van der Waals surface area contributed by atoms with E-state index in [1.165, 1.54) is 0 Å². The molecule has 140 valence electrons. The third-order valence-electron chi connectivity index (χ3n) is 3.62. The lowest BCUT2D eigenvalue weighted by atomic mass is 10.0. The van der Waals surface area contributed by atoms with Gasteiger partial charge < -0.3 is 4.74 Å². The molecule has 0 saturated heterocycles. The molecule has 9 heteroatoms. The zero-order valence-corrected chi connectivity index (χ0v) is 13.6. The van der Waals surface area contributed by atoms with Crippen LogP contribution in [0, 0.1) is 10.1 Å². The van der Waals surface area contributed by atoms with Crippen molar-refractivity contribution in [2.75, 3.05) is 0 Å². The van der Waals surface area contributed by atoms with Crippen LogP contribution >= 0.6 is 0 Å². The molecule has 0 aliphatic rings. The summed E-state index contributed by atoms with van der Waals surface area (Å²) in [6.07, 6.45) is -4.29. The highest BCUT2D eigenvalue weighted by molar-refractivity contribution is 5.72. The van der Waals surface area contributed by atoms with Crippen LogP contribution in [0.15, 0.2) is 24.3 Å². The zero-order chi connectivity index (χ0) is 19.1. The molecule has 0 aromatic heterocycles. The number of esters is 1. The first kappa shape index (κ1) is 20.9. The van der Waals surface area contributed by atoms with Crippen LogP contribution in [0.2, 0.25) is 0 Å². The number of alkyl halides is 4. The summed E-state index contributed by atoms with van der Waals surface area (Å²) in [5.41, 5.74) is -0.903. The monoisotopic (exact) mass is 365 g/mol. The maximum absolute atomic E-state index is 14.3. The number of hydrogen-bond donors (Lipinski definition) is 0. The number of carbonyl (C=O) groups excluding carboxylic acids is 1. The Morgan fingerprint density at radius 3 is 2.20 bits per heavy atom. The van der Waals surface area contributed by atoms with E-state index in [4.69, 9.17) is 4.74 Å². The van der Waals surface area contributed by atoms with Crippen LogP contribution in [0.3, 0.4) is 0 Å². The molecule has 0 heterocycles. The number of ether oxygens (including phenoxy) is 1. The molecular weight excluding hydrogens is 346 g/mol. The summed E-state index contributed by atoms with van der Waals surface area (Å²) in [6, 6.07) is 3.39. The number of benzene rings is 1. The lowest BCUT2D eigenvalue weighted by molar-refractivity contribution is -0.608. The molecule has 5 nitrogen and oxygen atoms in total. The van der Waals surface area contributed by atoms with E-state index in [0.29, 0.717) is 12.8 Å². The van der Waals surface area contributed by atoms with Crippen LogP contribution < -0.4 is 4.74 Å². The van der Waals surface area contributed by atoms with Gasteiger partial charge in [0.05, 0.1) is 23.3 Å². The van der Waals surface area contributed by atoms with Gasteiger partial charge in [-0.3, -0.25) is 14.9 Å². The van der Waals surface area contributed by atoms with Crippen molar-refractivity contribution in [1.29, 1.82) is 0 Å². The van der Waals surface area contributed by atoms with Gasteiger partial charge in [-0.2, -0.15) is 17.6 Å². The second-order valence-electron chi connectivity index (χ2n) is 5.63. The molecule has 1 unspecified atom stereocenters. The summed E-state index contributed by atoms with van der Waals surface area (Å²) in [6.45, 7) is 1.87. The molecule has 0 N–H and O–H groups in total. The smallest absolute Gasteiger partial charge is 0.416 e. The molecule has 0 aliphatic carbocycles. The number of nitro groups is 1. The number of nitrogens with zero attached hydrogens (tertiary/aromatic N) is 1. The third kappa shape index (κ3) is 6.67. The van der Waals surface area contributed by atoms with E-state index in [-0.39, 0.29) is 12.2 Å². The van der Waals surface area contributed by atoms with Gasteiger partial charge in [0.15, 0.2) is 0 Å². The minimum atomic E-state index is -4.51. The van der Waals surface area contributed by atoms with Crippen molar-refractivity contribution in [3.05, 3.63) is 39.9 Å². The number of unbranched alkanes of at least 4 members (excludes halogenated alkanes) is 2. The SMILES string of the molecule is CCCCCC(F)(CCC(=O)Oc1ccc(C(F)(F)F)cc1)[N+](=O)[O-]. The Morgan fingerprint density at radius 1 is 1.12 bits per heavy atom. The quantitative estimate of drug-likeness (QED) is 0.119. The Hall–Kier alpha value is -2.19. The van der Waals surface area contributed by atoms with Crippen molar-refractivity contribution in [3.8, 4) is 5.75 Å². The van der Waals surface area contributed by atoms with Crippen LogP contribution in [-0.2, 0) is 11.0 Å². The van der Waals surface area contributed by atoms with Crippen molar-refractivity contribution in [3.63, 3.8) is 0 Å². The predicted molar refractivity (Wildman–Crippen MR) is 81.3 cm³/mol. The average Bonchev–Trinajstić information content (AvgIpc) is 2.53. The molecule has 1 aromatic carbocycles. The van der Waals surface area contributed by atoms with Gasteiger partial charge >= 0.3 is 17.9 Å². The van der Waals surface area contributed by atoms with Crippen LogP contribution in [0.5, 0.6) is 5.75 Å². The van der Waals surface area contributed by atoms with Gasteiger partial charge in [0, 0.05) is 6.42 Å². The Balaban J connectivity index is 2.59. The molecule has 0 amide bonds. The van der Waals surface area contributed by atoms with Gasteiger partial charge in [0.1, 0.15) is 5.75 Å². The van der Waals surface area contributed by atoms with Gasteiger partial charge in [-0.1, -0.05) is 19.8 Å². The molecule has 0 fully saturated rings. The summed E-state index contributed by atoms with van der Waals surface area (Å²) >= 11 is 0. The van der Waals surface area contributed by atoms with Crippen molar-refractivity contribution in [2.45, 2.75) is 57.4 Å². The van der Waals surface area contributed by atoms with Crippen LogP contribution in [0.1, 0.15) is 51.0 Å². The molecule has 1 atom stereocenters. The minimum absolute atomic E-state index is 0.144. The molecule has 1 aromatic rings. The maximum atomic E-state index is 14.3. The maximum Gasteiger partial charge on any atom is 0.416 e. The average molecular weight is 365 g/mol. The standard InChI is InChI=1S/C16H19F4NO4/c1-2-3-4-10-15(17,21(23)24)11-9-14(22)25-13-7-5-12(6-8-13)16(18,19)20/h5-8H,2-4,9-11H2,1H3. The zero-order valence-electron chi connectivity index (χ0n) is 13.6. The van der Waals surface area contributed by atoms with Gasteiger partial charge in [0.2, 0.25) is 0 Å². The number of rotatable bonds is 9. The summed E-state index contributed by atoms with van der Waals surface area (Å²) in [7, 11) is 0. The molecule has 1 rings (SSSR count). The third-order valence-corrected chi connectivity index (χ3v) is 3.62. The summed E-state index contributed by atoms with van der Waals surface area (Å²) < 4.78 is 56.3. The highest BCUT2D eigenvalue weighted by atomic mass is 19.4. The van der Waals surface area contributed by atoms with Crippen molar-refractivity contribution in [1.82, 2.24) is 0 Å². The van der Waals surface area contributed by atoms with Gasteiger partial charge in [-0.25, -0.2) is 0 Å². The normalized spacial score (nSPS) is 14.0. The van der Waals surface area contributed by atoms with Crippen LogP contribution in [0.25, 0.3) is 0 Å². The fourth-order valence-electron chi connectivity index (χ4n) is 2.14. The molecule has 0 radical (unpaired) electrons. The summed E-state index contributed by atoms with van der Waals surface area (Å²) in [5, 5.41) is 10.9. The number of carbonyl (C=O) groups is 1. The van der Waals surface area contributed by atoms with Crippen molar-refractivity contribution < 1.29 is 32.0 Å². The Bertz CT molecular complexity index is 589. The second-order valence-corrected chi connectivity index (χ2v) is 5.63. The molecule has 0 bridgehead atoms. The van der Waals surface area contributed by atoms with Crippen LogP contribution in [-0.4, -0.2) is 16.7 Å². The molecule has 0 spiro atoms. The topological polar surface area (TPSA) is 69.4 Å². The lowest BCUT2D eigenvalue weighted by Crippen LogP contribution is -2.34. The van der Waals surface area contributed by atoms with E-state index in [1.54, 1.807) is 0 Å². The van der Waals surface area contributed by atoms with Crippen molar-refractivity contribution >= 4 is 5.97 Å². The van der Waals surface area contributed by atoms with Crippen LogP contribution in [0.4, 0.5) is 17.6 Å². The van der Waals surface area contributed by atoms with Gasteiger partial charge in [-0.15, -0.1) is 0 Å². The largest absolute Gasteiger partial charge is 0.427 e. The Morgan fingerprint density at radius 2 is 1.72 bits per heavy atom. The first-order chi connectivity index (χ1) is 11.6. The number of hydrogen-bond acceptors (Lipinski definition) is 4. The summed E-state index contributed by atoms with van der Waals surface area (Å²) in [5.74, 6) is -3.80. The number of halogens is 4. The van der Waals surface area contributed by atoms with Gasteiger partial charge in [-0.05, 0) is 30.7 Å².